The zero-order valence-corrected chi connectivity index (χ0v) is 15.3. The summed E-state index contributed by atoms with van der Waals surface area (Å²) >= 11 is 1.79. The third kappa shape index (κ3) is 4.35. The van der Waals surface area contributed by atoms with Gasteiger partial charge < -0.3 is 4.74 Å². The van der Waals surface area contributed by atoms with E-state index in [-0.39, 0.29) is 0 Å². The van der Waals surface area contributed by atoms with Crippen LogP contribution < -0.4 is 4.74 Å². The standard InChI is InChI=1S/C16H15NOS4/c1-18-13-8-6-12(7-9-13)10-19-22-20-11-16-17-14-4-2-3-5-15(14)21-16/h2-9H,10-11H2,1H3. The molecule has 0 atom stereocenters. The van der Waals surface area contributed by atoms with Crippen molar-refractivity contribution in [2.45, 2.75) is 11.5 Å². The number of rotatable bonds is 7. The van der Waals surface area contributed by atoms with Crippen LogP contribution in [0.25, 0.3) is 10.2 Å². The minimum atomic E-state index is 0.909. The maximum atomic E-state index is 5.16. The first kappa shape index (κ1) is 16.1. The third-order valence-corrected chi connectivity index (χ3v) is 8.27. The summed E-state index contributed by atoms with van der Waals surface area (Å²) in [6, 6.07) is 16.6. The van der Waals surface area contributed by atoms with Crippen LogP contribution in [-0.2, 0) is 11.5 Å². The second-order valence-electron chi connectivity index (χ2n) is 4.52. The van der Waals surface area contributed by atoms with Gasteiger partial charge in [0.05, 0.1) is 23.1 Å². The van der Waals surface area contributed by atoms with E-state index in [9.17, 15) is 0 Å². The number of thiazole rings is 1. The van der Waals surface area contributed by atoms with Crippen LogP contribution >= 0.6 is 42.8 Å². The predicted octanol–water partition coefficient (Wildman–Crippen LogP) is 6.03. The molecule has 6 heteroatoms. The third-order valence-electron chi connectivity index (χ3n) is 3.00. The molecule has 1 heterocycles. The van der Waals surface area contributed by atoms with Crippen LogP contribution in [0.3, 0.4) is 0 Å². The maximum absolute atomic E-state index is 5.16. The molecular formula is C16H15NOS4. The van der Waals surface area contributed by atoms with E-state index in [1.165, 1.54) is 15.3 Å². The summed E-state index contributed by atoms with van der Waals surface area (Å²) in [4.78, 5) is 4.65. The summed E-state index contributed by atoms with van der Waals surface area (Å²) in [5.41, 5.74) is 2.43. The van der Waals surface area contributed by atoms with Crippen molar-refractivity contribution in [3.8, 4) is 5.75 Å². The van der Waals surface area contributed by atoms with Crippen molar-refractivity contribution >= 4 is 53.0 Å². The monoisotopic (exact) mass is 365 g/mol. The van der Waals surface area contributed by atoms with Gasteiger partial charge >= 0.3 is 0 Å². The fourth-order valence-corrected chi connectivity index (χ4v) is 6.68. The molecule has 2 nitrogen and oxygen atoms in total. The highest BCUT2D eigenvalue weighted by atomic mass is 33.5. The van der Waals surface area contributed by atoms with E-state index in [1.54, 1.807) is 18.4 Å². The Hall–Kier alpha value is -0.820. The van der Waals surface area contributed by atoms with Crippen molar-refractivity contribution < 1.29 is 4.74 Å². The number of para-hydroxylation sites is 1. The molecule has 0 saturated heterocycles. The lowest BCUT2D eigenvalue weighted by molar-refractivity contribution is 0.414. The van der Waals surface area contributed by atoms with Crippen LogP contribution in [0, 0.1) is 0 Å². The first-order valence-corrected chi connectivity index (χ1v) is 11.4. The molecule has 0 spiro atoms. The molecule has 114 valence electrons. The molecule has 0 radical (unpaired) electrons. The minimum absolute atomic E-state index is 0.909. The number of fused-ring (bicyclic) bond motifs is 1. The van der Waals surface area contributed by atoms with Crippen LogP contribution in [0.15, 0.2) is 48.5 Å². The average Bonchev–Trinajstić information content (AvgIpc) is 2.98. The van der Waals surface area contributed by atoms with Crippen molar-refractivity contribution in [3.05, 3.63) is 59.1 Å². The van der Waals surface area contributed by atoms with Crippen LogP contribution in [0.2, 0.25) is 0 Å². The lowest BCUT2D eigenvalue weighted by Gasteiger charge is -2.02. The van der Waals surface area contributed by atoms with Gasteiger partial charge in [-0.05, 0) is 39.7 Å². The number of nitrogens with zero attached hydrogens (tertiary/aromatic N) is 1. The lowest BCUT2D eigenvalue weighted by Crippen LogP contribution is -1.83. The summed E-state index contributed by atoms with van der Waals surface area (Å²) in [7, 11) is 7.24. The number of hydrogen-bond acceptors (Lipinski definition) is 6. The second kappa shape index (κ2) is 8.15. The minimum Gasteiger partial charge on any atom is -0.497 e. The van der Waals surface area contributed by atoms with Gasteiger partial charge in [-0.2, -0.15) is 0 Å². The highest BCUT2D eigenvalue weighted by Gasteiger charge is 2.03. The Labute approximate surface area is 145 Å². The Morgan fingerprint density at radius 3 is 2.55 bits per heavy atom. The molecule has 0 aliphatic carbocycles. The molecule has 22 heavy (non-hydrogen) atoms. The molecule has 0 amide bonds. The van der Waals surface area contributed by atoms with E-state index in [1.807, 2.05) is 49.6 Å². The fourth-order valence-electron chi connectivity index (χ4n) is 1.90. The normalized spacial score (nSPS) is 11.0. The first-order valence-electron chi connectivity index (χ1n) is 6.73. The maximum Gasteiger partial charge on any atom is 0.118 e. The summed E-state index contributed by atoms with van der Waals surface area (Å²) < 4.78 is 6.44. The van der Waals surface area contributed by atoms with Crippen molar-refractivity contribution in [2.75, 3.05) is 7.11 Å². The SMILES string of the molecule is COc1ccc(CSSSCc2nc3ccccc3s2)cc1. The Bertz CT molecular complexity index is 693. The Morgan fingerprint density at radius 1 is 1.00 bits per heavy atom. The zero-order chi connectivity index (χ0) is 15.2. The number of ether oxygens (including phenoxy) is 1. The van der Waals surface area contributed by atoms with E-state index >= 15 is 0 Å². The Kier molecular flexibility index (Phi) is 5.95. The molecule has 0 saturated carbocycles. The van der Waals surface area contributed by atoms with E-state index in [0.717, 1.165) is 22.8 Å². The Balaban J connectivity index is 1.41. The summed E-state index contributed by atoms with van der Waals surface area (Å²) in [5.74, 6) is 2.87. The highest BCUT2D eigenvalue weighted by molar-refractivity contribution is 9.09. The van der Waals surface area contributed by atoms with Crippen molar-refractivity contribution in [2.24, 2.45) is 0 Å². The van der Waals surface area contributed by atoms with Gasteiger partial charge in [0, 0.05) is 5.75 Å². The molecular weight excluding hydrogens is 350 g/mol. The number of methoxy groups -OCH3 is 1. The first-order chi connectivity index (χ1) is 10.8. The largest absolute Gasteiger partial charge is 0.497 e. The van der Waals surface area contributed by atoms with Gasteiger partial charge in [0.25, 0.3) is 0 Å². The molecule has 0 fully saturated rings. The molecule has 2 aromatic carbocycles. The molecule has 3 aromatic rings. The van der Waals surface area contributed by atoms with Crippen molar-refractivity contribution in [1.29, 1.82) is 0 Å². The second-order valence-corrected chi connectivity index (χ2v) is 9.86. The van der Waals surface area contributed by atoms with Gasteiger partial charge in [0.15, 0.2) is 0 Å². The molecule has 3 rings (SSSR count). The predicted molar refractivity (Wildman–Crippen MR) is 103 cm³/mol. The van der Waals surface area contributed by atoms with Gasteiger partial charge in [0.1, 0.15) is 10.8 Å². The van der Waals surface area contributed by atoms with E-state index in [0.29, 0.717) is 0 Å². The topological polar surface area (TPSA) is 22.1 Å². The molecule has 0 aliphatic heterocycles. The number of aromatic nitrogens is 1. The fraction of sp³-hybridized carbons (Fsp3) is 0.188. The van der Waals surface area contributed by atoms with Crippen LogP contribution in [0.1, 0.15) is 10.6 Å². The van der Waals surface area contributed by atoms with Crippen LogP contribution in [0.4, 0.5) is 0 Å². The quantitative estimate of drug-likeness (QED) is 0.375. The highest BCUT2D eigenvalue weighted by Crippen LogP contribution is 2.39. The summed E-state index contributed by atoms with van der Waals surface area (Å²) in [6.07, 6.45) is 0. The molecule has 0 aliphatic rings. The number of hydrogen-bond donors (Lipinski definition) is 0. The van der Waals surface area contributed by atoms with Gasteiger partial charge in [-0.25, -0.2) is 4.98 Å². The summed E-state index contributed by atoms with van der Waals surface area (Å²) in [6.45, 7) is 0. The van der Waals surface area contributed by atoms with Crippen LogP contribution in [-0.4, -0.2) is 12.1 Å². The smallest absolute Gasteiger partial charge is 0.118 e. The van der Waals surface area contributed by atoms with E-state index in [2.05, 4.69) is 35.3 Å². The van der Waals surface area contributed by atoms with Gasteiger partial charge in [0.2, 0.25) is 0 Å². The molecule has 0 bridgehead atoms. The van der Waals surface area contributed by atoms with E-state index < -0.39 is 0 Å². The van der Waals surface area contributed by atoms with Gasteiger partial charge in [-0.1, -0.05) is 45.9 Å². The average molecular weight is 366 g/mol. The van der Waals surface area contributed by atoms with Crippen molar-refractivity contribution in [3.63, 3.8) is 0 Å². The van der Waals surface area contributed by atoms with Crippen LogP contribution in [0.5, 0.6) is 5.75 Å². The summed E-state index contributed by atoms with van der Waals surface area (Å²) in [5, 5.41) is 1.20. The molecule has 0 unspecified atom stereocenters. The van der Waals surface area contributed by atoms with Gasteiger partial charge in [-0.15, -0.1) is 11.3 Å². The Morgan fingerprint density at radius 2 is 1.77 bits per heavy atom. The lowest BCUT2D eigenvalue weighted by atomic mass is 10.2. The van der Waals surface area contributed by atoms with E-state index in [4.69, 9.17) is 4.74 Å². The van der Waals surface area contributed by atoms with Gasteiger partial charge in [-0.3, -0.25) is 0 Å². The number of benzene rings is 2. The molecule has 0 N–H and O–H groups in total. The molecule has 1 aromatic heterocycles. The zero-order valence-electron chi connectivity index (χ0n) is 12.0. The van der Waals surface area contributed by atoms with Crippen molar-refractivity contribution in [1.82, 2.24) is 4.98 Å².